The second kappa shape index (κ2) is 6.13. The number of hydroxylamine groups is 2. The monoisotopic (exact) mass is 312 g/mol. The standard InChI is InChI=1S/C14H20N2O4S/c1-11-6-8-12(9-7-11)21(18,19)16-10-4-5-13(16)14(17)15(2)20-3/h6-9,13H,4-5,10H2,1-3H3/t13-/m0/s1. The molecule has 1 aliphatic rings. The lowest BCUT2D eigenvalue weighted by Gasteiger charge is -2.26. The number of nitrogens with zero attached hydrogens (tertiary/aromatic N) is 2. The lowest BCUT2D eigenvalue weighted by molar-refractivity contribution is -0.172. The first-order valence-corrected chi connectivity index (χ1v) is 8.22. The summed E-state index contributed by atoms with van der Waals surface area (Å²) >= 11 is 0. The molecular formula is C14H20N2O4S. The third-order valence-corrected chi connectivity index (χ3v) is 5.62. The Morgan fingerprint density at radius 3 is 2.52 bits per heavy atom. The minimum absolute atomic E-state index is 0.216. The van der Waals surface area contributed by atoms with Crippen molar-refractivity contribution in [2.24, 2.45) is 0 Å². The summed E-state index contributed by atoms with van der Waals surface area (Å²) in [6.45, 7) is 2.25. The number of carbonyl (C=O) groups excluding carboxylic acids is 1. The van der Waals surface area contributed by atoms with Crippen LogP contribution in [0.4, 0.5) is 0 Å². The summed E-state index contributed by atoms with van der Waals surface area (Å²) in [5.41, 5.74) is 0.988. The quantitative estimate of drug-likeness (QED) is 0.783. The molecule has 0 saturated carbocycles. The van der Waals surface area contributed by atoms with E-state index in [2.05, 4.69) is 0 Å². The van der Waals surface area contributed by atoms with E-state index in [0.29, 0.717) is 19.4 Å². The van der Waals surface area contributed by atoms with E-state index in [1.54, 1.807) is 24.3 Å². The van der Waals surface area contributed by atoms with Crippen LogP contribution in [0.1, 0.15) is 18.4 Å². The van der Waals surface area contributed by atoms with Gasteiger partial charge in [-0.1, -0.05) is 17.7 Å². The van der Waals surface area contributed by atoms with Gasteiger partial charge in [-0.05, 0) is 31.9 Å². The zero-order valence-electron chi connectivity index (χ0n) is 12.4. The highest BCUT2D eigenvalue weighted by molar-refractivity contribution is 7.89. The van der Waals surface area contributed by atoms with Crippen LogP contribution >= 0.6 is 0 Å². The lowest BCUT2D eigenvalue weighted by atomic mass is 10.2. The van der Waals surface area contributed by atoms with Gasteiger partial charge in [-0.2, -0.15) is 4.31 Å². The van der Waals surface area contributed by atoms with Crippen LogP contribution in [0.15, 0.2) is 29.2 Å². The zero-order chi connectivity index (χ0) is 15.6. The summed E-state index contributed by atoms with van der Waals surface area (Å²) in [7, 11) is -0.797. The number of carbonyl (C=O) groups is 1. The molecule has 1 atom stereocenters. The Balaban J connectivity index is 2.30. The molecule has 0 aromatic heterocycles. The Bertz CT molecular complexity index is 612. The van der Waals surface area contributed by atoms with Crippen molar-refractivity contribution in [3.05, 3.63) is 29.8 Å². The number of likely N-dealkylation sites (N-methyl/N-ethyl adjacent to an activating group) is 1. The summed E-state index contributed by atoms with van der Waals surface area (Å²) in [6.07, 6.45) is 1.18. The summed E-state index contributed by atoms with van der Waals surface area (Å²) in [5, 5.41) is 1.08. The highest BCUT2D eigenvalue weighted by atomic mass is 32.2. The van der Waals surface area contributed by atoms with Crippen LogP contribution in [-0.2, 0) is 19.7 Å². The van der Waals surface area contributed by atoms with E-state index >= 15 is 0 Å². The van der Waals surface area contributed by atoms with Crippen molar-refractivity contribution in [3.8, 4) is 0 Å². The number of aryl methyl sites for hydroxylation is 1. The van der Waals surface area contributed by atoms with Gasteiger partial charge in [-0.25, -0.2) is 13.5 Å². The largest absolute Gasteiger partial charge is 0.275 e. The molecule has 1 amide bonds. The van der Waals surface area contributed by atoms with E-state index in [9.17, 15) is 13.2 Å². The SMILES string of the molecule is CON(C)C(=O)[C@@H]1CCCN1S(=O)(=O)c1ccc(C)cc1. The van der Waals surface area contributed by atoms with Crippen LogP contribution in [0.25, 0.3) is 0 Å². The maximum Gasteiger partial charge on any atom is 0.264 e. The Labute approximate surface area is 125 Å². The molecule has 116 valence electrons. The normalized spacial score (nSPS) is 19.7. The molecule has 0 bridgehead atoms. The number of rotatable bonds is 4. The van der Waals surface area contributed by atoms with E-state index in [4.69, 9.17) is 4.84 Å². The lowest BCUT2D eigenvalue weighted by Crippen LogP contribution is -2.46. The molecule has 1 heterocycles. The van der Waals surface area contributed by atoms with Crippen LogP contribution in [0.2, 0.25) is 0 Å². The Morgan fingerprint density at radius 1 is 1.33 bits per heavy atom. The molecule has 0 radical (unpaired) electrons. The highest BCUT2D eigenvalue weighted by Gasteiger charge is 2.40. The number of hydrogen-bond donors (Lipinski definition) is 0. The summed E-state index contributed by atoms with van der Waals surface area (Å²) < 4.78 is 26.6. The van der Waals surface area contributed by atoms with Crippen LogP contribution in [-0.4, -0.2) is 50.4 Å². The molecule has 21 heavy (non-hydrogen) atoms. The molecule has 1 saturated heterocycles. The minimum atomic E-state index is -3.66. The van der Waals surface area contributed by atoms with Gasteiger partial charge in [0.2, 0.25) is 10.0 Å². The van der Waals surface area contributed by atoms with E-state index in [1.807, 2.05) is 6.92 Å². The van der Waals surface area contributed by atoms with Gasteiger partial charge in [-0.3, -0.25) is 9.63 Å². The fourth-order valence-corrected chi connectivity index (χ4v) is 4.07. The predicted molar refractivity (Wildman–Crippen MR) is 77.9 cm³/mol. The van der Waals surface area contributed by atoms with Crippen molar-refractivity contribution in [2.45, 2.75) is 30.7 Å². The molecule has 0 aliphatic carbocycles. The molecule has 2 rings (SSSR count). The highest BCUT2D eigenvalue weighted by Crippen LogP contribution is 2.27. The Morgan fingerprint density at radius 2 is 1.95 bits per heavy atom. The topological polar surface area (TPSA) is 66.9 Å². The molecule has 0 N–H and O–H groups in total. The first kappa shape index (κ1) is 15.9. The van der Waals surface area contributed by atoms with Crippen LogP contribution in [0.3, 0.4) is 0 Å². The number of benzene rings is 1. The average molecular weight is 312 g/mol. The van der Waals surface area contributed by atoms with Crippen LogP contribution < -0.4 is 0 Å². The number of amides is 1. The van der Waals surface area contributed by atoms with Crippen molar-refractivity contribution in [1.82, 2.24) is 9.37 Å². The van der Waals surface area contributed by atoms with Crippen molar-refractivity contribution >= 4 is 15.9 Å². The second-order valence-electron chi connectivity index (χ2n) is 5.11. The van der Waals surface area contributed by atoms with Crippen molar-refractivity contribution < 1.29 is 18.0 Å². The van der Waals surface area contributed by atoms with Gasteiger partial charge >= 0.3 is 0 Å². The molecule has 0 unspecified atom stereocenters. The van der Waals surface area contributed by atoms with Gasteiger partial charge in [0, 0.05) is 13.6 Å². The average Bonchev–Trinajstić information content (AvgIpc) is 2.96. The maximum atomic E-state index is 12.7. The Hall–Kier alpha value is -1.44. The van der Waals surface area contributed by atoms with Gasteiger partial charge in [0.1, 0.15) is 6.04 Å². The third kappa shape index (κ3) is 3.09. The summed E-state index contributed by atoms with van der Waals surface area (Å²) in [4.78, 5) is 17.3. The van der Waals surface area contributed by atoms with E-state index in [1.165, 1.54) is 18.5 Å². The fraction of sp³-hybridized carbons (Fsp3) is 0.500. The maximum absolute atomic E-state index is 12.7. The van der Waals surface area contributed by atoms with Gasteiger partial charge in [-0.15, -0.1) is 0 Å². The third-order valence-electron chi connectivity index (χ3n) is 3.70. The predicted octanol–water partition coefficient (Wildman–Crippen LogP) is 1.17. The van der Waals surface area contributed by atoms with Gasteiger partial charge < -0.3 is 0 Å². The van der Waals surface area contributed by atoms with Crippen molar-refractivity contribution in [1.29, 1.82) is 0 Å². The molecule has 6 nitrogen and oxygen atoms in total. The first-order chi connectivity index (χ1) is 9.87. The molecule has 1 aliphatic heterocycles. The molecule has 1 aromatic carbocycles. The Kier molecular flexibility index (Phi) is 4.65. The van der Waals surface area contributed by atoms with Gasteiger partial charge in [0.15, 0.2) is 0 Å². The molecule has 1 aromatic rings. The zero-order valence-corrected chi connectivity index (χ0v) is 13.3. The van der Waals surface area contributed by atoms with Gasteiger partial charge in [0.05, 0.1) is 12.0 Å². The second-order valence-corrected chi connectivity index (χ2v) is 7.00. The number of hydrogen-bond acceptors (Lipinski definition) is 4. The smallest absolute Gasteiger partial charge is 0.264 e. The molecule has 1 fully saturated rings. The summed E-state index contributed by atoms with van der Waals surface area (Å²) in [6, 6.07) is 5.96. The molecule has 7 heteroatoms. The minimum Gasteiger partial charge on any atom is -0.275 e. The van der Waals surface area contributed by atoms with E-state index < -0.39 is 16.1 Å². The van der Waals surface area contributed by atoms with E-state index in [0.717, 1.165) is 10.6 Å². The summed E-state index contributed by atoms with van der Waals surface area (Å²) in [5.74, 6) is -0.342. The van der Waals surface area contributed by atoms with Gasteiger partial charge in [0.25, 0.3) is 5.91 Å². The molecule has 0 spiro atoms. The van der Waals surface area contributed by atoms with E-state index in [-0.39, 0.29) is 10.8 Å². The molecular weight excluding hydrogens is 292 g/mol. The first-order valence-electron chi connectivity index (χ1n) is 6.78. The van der Waals surface area contributed by atoms with Crippen LogP contribution in [0.5, 0.6) is 0 Å². The fourth-order valence-electron chi connectivity index (χ4n) is 2.42. The van der Waals surface area contributed by atoms with Crippen molar-refractivity contribution in [2.75, 3.05) is 20.7 Å². The van der Waals surface area contributed by atoms with Crippen LogP contribution in [0, 0.1) is 6.92 Å². The van der Waals surface area contributed by atoms with Crippen molar-refractivity contribution in [3.63, 3.8) is 0 Å². The number of sulfonamides is 1.